The van der Waals surface area contributed by atoms with Gasteiger partial charge in [0.15, 0.2) is 0 Å². The highest BCUT2D eigenvalue weighted by molar-refractivity contribution is 9.10. The van der Waals surface area contributed by atoms with Gasteiger partial charge in [-0.3, -0.25) is 4.79 Å². The molecular formula is C9H4Br2FNO. The van der Waals surface area contributed by atoms with Crippen LogP contribution >= 0.6 is 31.9 Å². The van der Waals surface area contributed by atoms with Crippen molar-refractivity contribution < 1.29 is 4.39 Å². The normalized spacial score (nSPS) is 10.8. The van der Waals surface area contributed by atoms with Crippen molar-refractivity contribution in [2.24, 2.45) is 0 Å². The maximum Gasteiger partial charge on any atom is 0.203 e. The van der Waals surface area contributed by atoms with E-state index in [9.17, 15) is 9.18 Å². The van der Waals surface area contributed by atoms with Gasteiger partial charge in [-0.15, -0.1) is 0 Å². The van der Waals surface area contributed by atoms with E-state index in [0.29, 0.717) is 14.3 Å². The standard InChI is InChI=1S/C9H4Br2FNO/c10-4-1-5-8(7(12)2-4)13-3-6(11)9(5)14/h1-3H,(H,13,14). The van der Waals surface area contributed by atoms with Gasteiger partial charge in [0.2, 0.25) is 5.43 Å². The van der Waals surface area contributed by atoms with E-state index in [2.05, 4.69) is 36.8 Å². The van der Waals surface area contributed by atoms with Crippen LogP contribution in [-0.2, 0) is 0 Å². The number of hydrogen-bond donors (Lipinski definition) is 1. The number of fused-ring (bicyclic) bond motifs is 1. The maximum absolute atomic E-state index is 13.3. The minimum atomic E-state index is -0.445. The number of benzene rings is 1. The van der Waals surface area contributed by atoms with Crippen LogP contribution in [0.2, 0.25) is 0 Å². The minimum Gasteiger partial charge on any atom is -0.357 e. The third-order valence-electron chi connectivity index (χ3n) is 1.86. The summed E-state index contributed by atoms with van der Waals surface area (Å²) >= 11 is 6.22. The van der Waals surface area contributed by atoms with Gasteiger partial charge in [0, 0.05) is 10.7 Å². The number of hydrogen-bond acceptors (Lipinski definition) is 1. The molecule has 0 saturated carbocycles. The lowest BCUT2D eigenvalue weighted by molar-refractivity contribution is 0.636. The molecule has 0 bridgehead atoms. The van der Waals surface area contributed by atoms with Crippen LogP contribution in [0.15, 0.2) is 32.1 Å². The van der Waals surface area contributed by atoms with Crippen molar-refractivity contribution in [3.05, 3.63) is 43.3 Å². The molecule has 0 radical (unpaired) electrons. The summed E-state index contributed by atoms with van der Waals surface area (Å²) in [7, 11) is 0. The molecule has 0 amide bonds. The highest BCUT2D eigenvalue weighted by Crippen LogP contribution is 2.20. The van der Waals surface area contributed by atoms with Crippen LogP contribution in [0.25, 0.3) is 10.9 Å². The molecule has 0 spiro atoms. The zero-order valence-corrected chi connectivity index (χ0v) is 9.95. The smallest absolute Gasteiger partial charge is 0.203 e. The molecule has 1 heterocycles. The zero-order valence-electron chi connectivity index (χ0n) is 6.77. The summed E-state index contributed by atoms with van der Waals surface area (Å²) in [6.07, 6.45) is 1.43. The molecule has 0 saturated heterocycles. The van der Waals surface area contributed by atoms with Crippen LogP contribution in [0.1, 0.15) is 0 Å². The van der Waals surface area contributed by atoms with Crippen LogP contribution in [0.4, 0.5) is 4.39 Å². The molecule has 0 unspecified atom stereocenters. The van der Waals surface area contributed by atoms with E-state index in [4.69, 9.17) is 0 Å². The number of aromatic nitrogens is 1. The van der Waals surface area contributed by atoms with Crippen LogP contribution in [-0.4, -0.2) is 4.98 Å². The van der Waals surface area contributed by atoms with Gasteiger partial charge in [0.25, 0.3) is 0 Å². The van der Waals surface area contributed by atoms with E-state index in [0.717, 1.165) is 0 Å². The molecule has 2 aromatic rings. The molecule has 1 aromatic carbocycles. The average Bonchev–Trinajstić information content (AvgIpc) is 2.12. The Morgan fingerprint density at radius 3 is 2.71 bits per heavy atom. The lowest BCUT2D eigenvalue weighted by atomic mass is 10.2. The minimum absolute atomic E-state index is 0.223. The maximum atomic E-state index is 13.3. The van der Waals surface area contributed by atoms with Gasteiger partial charge in [0.1, 0.15) is 5.82 Å². The number of pyridine rings is 1. The van der Waals surface area contributed by atoms with E-state index in [1.165, 1.54) is 12.3 Å². The summed E-state index contributed by atoms with van der Waals surface area (Å²) in [6, 6.07) is 2.90. The Kier molecular flexibility index (Phi) is 2.45. The van der Waals surface area contributed by atoms with Crippen LogP contribution in [0.5, 0.6) is 0 Å². The quantitative estimate of drug-likeness (QED) is 0.794. The van der Waals surface area contributed by atoms with Crippen molar-refractivity contribution in [3.63, 3.8) is 0 Å². The fourth-order valence-corrected chi connectivity index (χ4v) is 1.99. The van der Waals surface area contributed by atoms with Crippen molar-refractivity contribution in [2.75, 3.05) is 0 Å². The molecule has 14 heavy (non-hydrogen) atoms. The molecule has 0 aliphatic carbocycles. The Balaban J connectivity index is 3.03. The third-order valence-corrected chi connectivity index (χ3v) is 2.91. The van der Waals surface area contributed by atoms with Gasteiger partial charge in [-0.2, -0.15) is 0 Å². The lowest BCUT2D eigenvalue weighted by Crippen LogP contribution is -2.04. The molecule has 0 atom stereocenters. The second-order valence-electron chi connectivity index (χ2n) is 2.78. The molecule has 1 aromatic heterocycles. The number of H-pyrrole nitrogens is 1. The first-order chi connectivity index (χ1) is 6.59. The van der Waals surface area contributed by atoms with Crippen LogP contribution in [0, 0.1) is 5.82 Å². The van der Waals surface area contributed by atoms with Gasteiger partial charge >= 0.3 is 0 Å². The van der Waals surface area contributed by atoms with Crippen molar-refractivity contribution >= 4 is 42.8 Å². The molecule has 0 aliphatic heterocycles. The summed E-state index contributed by atoms with van der Waals surface area (Å²) in [5.41, 5.74) is 0.000324. The Bertz CT molecular complexity index is 564. The average molecular weight is 321 g/mol. The molecule has 5 heteroatoms. The van der Waals surface area contributed by atoms with Gasteiger partial charge in [0.05, 0.1) is 15.4 Å². The van der Waals surface area contributed by atoms with Crippen molar-refractivity contribution in [1.82, 2.24) is 4.98 Å². The van der Waals surface area contributed by atoms with Gasteiger partial charge < -0.3 is 4.98 Å². The van der Waals surface area contributed by atoms with Crippen molar-refractivity contribution in [2.45, 2.75) is 0 Å². The molecule has 1 N–H and O–H groups in total. The Hall–Kier alpha value is -0.680. The van der Waals surface area contributed by atoms with Crippen LogP contribution in [0.3, 0.4) is 0 Å². The SMILES string of the molecule is O=c1c(Br)c[nH]c2c(F)cc(Br)cc12. The summed E-state index contributed by atoms with van der Waals surface area (Å²) in [5, 5.41) is 0.325. The van der Waals surface area contributed by atoms with Gasteiger partial charge in [-0.1, -0.05) is 15.9 Å². The van der Waals surface area contributed by atoms with Gasteiger partial charge in [-0.05, 0) is 28.1 Å². The predicted molar refractivity (Wildman–Crippen MR) is 59.9 cm³/mol. The highest BCUT2D eigenvalue weighted by Gasteiger charge is 2.07. The summed E-state index contributed by atoms with van der Waals surface area (Å²) < 4.78 is 14.3. The van der Waals surface area contributed by atoms with E-state index in [1.807, 2.05) is 0 Å². The first-order valence-corrected chi connectivity index (χ1v) is 5.34. The summed E-state index contributed by atoms with van der Waals surface area (Å²) in [4.78, 5) is 14.3. The second-order valence-corrected chi connectivity index (χ2v) is 4.55. The van der Waals surface area contributed by atoms with E-state index in [1.54, 1.807) is 6.07 Å². The van der Waals surface area contributed by atoms with E-state index < -0.39 is 5.82 Å². The zero-order chi connectivity index (χ0) is 10.3. The number of nitrogens with one attached hydrogen (secondary N) is 1. The van der Waals surface area contributed by atoms with E-state index >= 15 is 0 Å². The molecule has 0 aliphatic rings. The van der Waals surface area contributed by atoms with Crippen molar-refractivity contribution in [1.29, 1.82) is 0 Å². The Morgan fingerprint density at radius 2 is 2.00 bits per heavy atom. The third kappa shape index (κ3) is 1.50. The van der Waals surface area contributed by atoms with Crippen molar-refractivity contribution in [3.8, 4) is 0 Å². The van der Waals surface area contributed by atoms with E-state index in [-0.39, 0.29) is 10.9 Å². The predicted octanol–water partition coefficient (Wildman–Crippen LogP) is 3.19. The molecule has 2 nitrogen and oxygen atoms in total. The molecule has 0 fully saturated rings. The Labute approximate surface area is 95.4 Å². The fourth-order valence-electron chi connectivity index (χ4n) is 1.23. The molecule has 2 rings (SSSR count). The molecular weight excluding hydrogens is 317 g/mol. The largest absolute Gasteiger partial charge is 0.357 e. The number of halogens is 3. The van der Waals surface area contributed by atoms with Crippen LogP contribution < -0.4 is 5.43 Å². The monoisotopic (exact) mass is 319 g/mol. The lowest BCUT2D eigenvalue weighted by Gasteiger charge is -2.00. The molecule has 72 valence electrons. The first kappa shape index (κ1) is 9.86. The summed E-state index contributed by atoms with van der Waals surface area (Å²) in [5.74, 6) is -0.445. The van der Waals surface area contributed by atoms with Gasteiger partial charge in [-0.25, -0.2) is 4.39 Å². The number of rotatable bonds is 0. The first-order valence-electron chi connectivity index (χ1n) is 3.75. The number of aromatic amines is 1. The topological polar surface area (TPSA) is 32.9 Å². The highest BCUT2D eigenvalue weighted by atomic mass is 79.9. The Morgan fingerprint density at radius 1 is 1.29 bits per heavy atom. The fraction of sp³-hybridized carbons (Fsp3) is 0. The summed E-state index contributed by atoms with van der Waals surface area (Å²) in [6.45, 7) is 0. The second kappa shape index (κ2) is 3.47.